The van der Waals surface area contributed by atoms with E-state index < -0.39 is 0 Å². The van der Waals surface area contributed by atoms with Gasteiger partial charge in [0.1, 0.15) is 17.1 Å². The van der Waals surface area contributed by atoms with Crippen LogP contribution in [0.1, 0.15) is 40.6 Å². The van der Waals surface area contributed by atoms with Crippen LogP contribution in [0.5, 0.6) is 5.75 Å². The summed E-state index contributed by atoms with van der Waals surface area (Å²) in [6, 6.07) is 14.8. The molecule has 0 radical (unpaired) electrons. The molecule has 4 rings (SSSR count). The van der Waals surface area contributed by atoms with Gasteiger partial charge >= 0.3 is 0 Å². The van der Waals surface area contributed by atoms with Crippen LogP contribution < -0.4 is 10.1 Å². The van der Waals surface area contributed by atoms with Crippen LogP contribution in [0.15, 0.2) is 52.9 Å². The minimum absolute atomic E-state index is 0.134. The summed E-state index contributed by atoms with van der Waals surface area (Å²) in [6.45, 7) is 2.96. The molecular weight excluding hydrogens is 368 g/mol. The van der Waals surface area contributed by atoms with Crippen molar-refractivity contribution < 1.29 is 18.7 Å². The van der Waals surface area contributed by atoms with Crippen molar-refractivity contribution >= 4 is 22.8 Å². The lowest BCUT2D eigenvalue weighted by Crippen LogP contribution is -2.38. The van der Waals surface area contributed by atoms with E-state index in [1.165, 1.54) is 0 Å². The van der Waals surface area contributed by atoms with E-state index in [1.54, 1.807) is 26.2 Å². The van der Waals surface area contributed by atoms with Crippen LogP contribution in [0.2, 0.25) is 0 Å². The fraction of sp³-hybridized carbons (Fsp3) is 0.304. The summed E-state index contributed by atoms with van der Waals surface area (Å²) < 4.78 is 11.1. The molecule has 0 bridgehead atoms. The van der Waals surface area contributed by atoms with E-state index in [2.05, 4.69) is 5.32 Å². The van der Waals surface area contributed by atoms with E-state index in [1.807, 2.05) is 41.3 Å². The maximum absolute atomic E-state index is 13.3. The van der Waals surface area contributed by atoms with Gasteiger partial charge in [-0.3, -0.25) is 9.59 Å². The van der Waals surface area contributed by atoms with Crippen molar-refractivity contribution in [1.82, 2.24) is 10.2 Å². The van der Waals surface area contributed by atoms with Crippen molar-refractivity contribution in [2.24, 2.45) is 0 Å². The smallest absolute Gasteiger partial charge is 0.256 e. The molecule has 1 atom stereocenters. The number of carbonyl (C=O) groups excluding carboxylic acids is 2. The number of hydrogen-bond donors (Lipinski definition) is 1. The van der Waals surface area contributed by atoms with Gasteiger partial charge in [-0.05, 0) is 37.1 Å². The Balaban J connectivity index is 1.65. The number of rotatable bonds is 6. The average Bonchev–Trinajstić information content (AvgIpc) is 3.29. The second-order valence-electron chi connectivity index (χ2n) is 7.28. The molecule has 0 aliphatic carbocycles. The van der Waals surface area contributed by atoms with E-state index in [0.29, 0.717) is 41.0 Å². The predicted octanol–water partition coefficient (Wildman–Crippen LogP) is 3.84. The quantitative estimate of drug-likeness (QED) is 0.692. The molecule has 2 amide bonds. The molecule has 2 heterocycles. The van der Waals surface area contributed by atoms with Gasteiger partial charge in [-0.25, -0.2) is 0 Å². The Morgan fingerprint density at radius 3 is 2.72 bits per heavy atom. The Kier molecular flexibility index (Phi) is 5.25. The first-order valence-corrected chi connectivity index (χ1v) is 9.77. The number of nitrogens with one attached hydrogen (secondary N) is 1. The number of ether oxygens (including phenoxy) is 1. The summed E-state index contributed by atoms with van der Waals surface area (Å²) >= 11 is 0. The number of likely N-dealkylation sites (tertiary alicyclic amines) is 1. The number of aryl methyl sites for hydroxylation is 1. The molecule has 2 aromatic carbocycles. The highest BCUT2D eigenvalue weighted by Gasteiger charge is 2.27. The van der Waals surface area contributed by atoms with Gasteiger partial charge < -0.3 is 19.4 Å². The van der Waals surface area contributed by atoms with Gasteiger partial charge in [0.2, 0.25) is 5.91 Å². The summed E-state index contributed by atoms with van der Waals surface area (Å²) in [5.74, 6) is 1.12. The van der Waals surface area contributed by atoms with Crippen molar-refractivity contribution in [2.45, 2.75) is 25.8 Å². The van der Waals surface area contributed by atoms with Crippen LogP contribution >= 0.6 is 0 Å². The van der Waals surface area contributed by atoms with E-state index >= 15 is 0 Å². The molecule has 1 aliphatic rings. The Hall–Kier alpha value is -3.28. The molecule has 6 heteroatoms. The highest BCUT2D eigenvalue weighted by atomic mass is 16.5. The Bertz CT molecular complexity index is 1040. The largest absolute Gasteiger partial charge is 0.497 e. The number of nitrogens with zero attached hydrogens (tertiary/aromatic N) is 1. The predicted molar refractivity (Wildman–Crippen MR) is 110 cm³/mol. The number of benzene rings is 2. The number of furan rings is 1. The first-order chi connectivity index (χ1) is 14.1. The summed E-state index contributed by atoms with van der Waals surface area (Å²) in [4.78, 5) is 27.2. The topological polar surface area (TPSA) is 71.8 Å². The second kappa shape index (κ2) is 7.99. The molecule has 1 aliphatic heterocycles. The third-order valence-corrected chi connectivity index (χ3v) is 5.38. The van der Waals surface area contributed by atoms with Crippen LogP contribution in [-0.2, 0) is 4.79 Å². The standard InChI is InChI=1S/C23H24N2O4/c1-15-22(18-13-17(28-2)10-11-20(18)29-15)23(27)24-19(16-7-4-3-5-8-16)14-25-12-6-9-21(25)26/h3-5,7-8,10-11,13,19H,6,9,12,14H2,1-2H3,(H,24,27). The Labute approximate surface area is 169 Å². The molecule has 150 valence electrons. The van der Waals surface area contributed by atoms with Gasteiger partial charge in [-0.2, -0.15) is 0 Å². The normalized spacial score (nSPS) is 15.0. The lowest BCUT2D eigenvalue weighted by Gasteiger charge is -2.25. The van der Waals surface area contributed by atoms with Crippen LogP contribution in [0, 0.1) is 6.92 Å². The summed E-state index contributed by atoms with van der Waals surface area (Å²) in [7, 11) is 1.59. The SMILES string of the molecule is COc1ccc2oc(C)c(C(=O)NC(CN3CCCC3=O)c3ccccc3)c2c1. The van der Waals surface area contributed by atoms with Crippen molar-refractivity contribution in [3.63, 3.8) is 0 Å². The van der Waals surface area contributed by atoms with Gasteiger partial charge in [0, 0.05) is 24.9 Å². The van der Waals surface area contributed by atoms with Gasteiger partial charge in [0.05, 0.1) is 18.7 Å². The molecular formula is C23H24N2O4. The number of hydrogen-bond acceptors (Lipinski definition) is 4. The maximum Gasteiger partial charge on any atom is 0.256 e. The van der Waals surface area contributed by atoms with Crippen LogP contribution in [-0.4, -0.2) is 36.9 Å². The first kappa shape index (κ1) is 19.1. The van der Waals surface area contributed by atoms with Gasteiger partial charge in [0.15, 0.2) is 0 Å². The van der Waals surface area contributed by atoms with Crippen LogP contribution in [0.4, 0.5) is 0 Å². The van der Waals surface area contributed by atoms with Crippen molar-refractivity contribution in [3.05, 3.63) is 65.4 Å². The van der Waals surface area contributed by atoms with Crippen LogP contribution in [0.25, 0.3) is 11.0 Å². The Morgan fingerprint density at radius 1 is 1.24 bits per heavy atom. The van der Waals surface area contributed by atoms with Crippen LogP contribution in [0.3, 0.4) is 0 Å². The molecule has 6 nitrogen and oxygen atoms in total. The molecule has 0 saturated carbocycles. The summed E-state index contributed by atoms with van der Waals surface area (Å²) in [6.07, 6.45) is 1.43. The average molecular weight is 392 g/mol. The Morgan fingerprint density at radius 2 is 2.03 bits per heavy atom. The molecule has 1 unspecified atom stereocenters. The zero-order chi connectivity index (χ0) is 20.4. The fourth-order valence-electron chi connectivity index (χ4n) is 3.88. The molecule has 1 saturated heterocycles. The molecule has 3 aromatic rings. The van der Waals surface area contributed by atoms with Gasteiger partial charge in [-0.1, -0.05) is 30.3 Å². The molecule has 29 heavy (non-hydrogen) atoms. The molecule has 1 aromatic heterocycles. The lowest BCUT2D eigenvalue weighted by atomic mass is 10.0. The molecule has 1 N–H and O–H groups in total. The third kappa shape index (κ3) is 3.83. The highest BCUT2D eigenvalue weighted by Crippen LogP contribution is 2.30. The third-order valence-electron chi connectivity index (χ3n) is 5.38. The zero-order valence-corrected chi connectivity index (χ0v) is 16.6. The number of methoxy groups -OCH3 is 1. The highest BCUT2D eigenvalue weighted by molar-refractivity contribution is 6.07. The van der Waals surface area contributed by atoms with E-state index in [-0.39, 0.29) is 17.9 Å². The van der Waals surface area contributed by atoms with Crippen molar-refractivity contribution in [1.29, 1.82) is 0 Å². The fourth-order valence-corrected chi connectivity index (χ4v) is 3.88. The van der Waals surface area contributed by atoms with E-state index in [0.717, 1.165) is 18.5 Å². The monoisotopic (exact) mass is 392 g/mol. The number of fused-ring (bicyclic) bond motifs is 1. The summed E-state index contributed by atoms with van der Waals surface area (Å²) in [5.41, 5.74) is 2.09. The molecule has 0 spiro atoms. The van der Waals surface area contributed by atoms with E-state index in [4.69, 9.17) is 9.15 Å². The summed E-state index contributed by atoms with van der Waals surface area (Å²) in [5, 5.41) is 3.83. The number of amides is 2. The zero-order valence-electron chi connectivity index (χ0n) is 16.6. The van der Waals surface area contributed by atoms with Crippen molar-refractivity contribution in [2.75, 3.05) is 20.2 Å². The van der Waals surface area contributed by atoms with E-state index in [9.17, 15) is 9.59 Å². The van der Waals surface area contributed by atoms with Gasteiger partial charge in [-0.15, -0.1) is 0 Å². The minimum atomic E-state index is -0.305. The number of carbonyl (C=O) groups is 2. The lowest BCUT2D eigenvalue weighted by molar-refractivity contribution is -0.128. The maximum atomic E-state index is 13.3. The minimum Gasteiger partial charge on any atom is -0.497 e. The molecule has 1 fully saturated rings. The first-order valence-electron chi connectivity index (χ1n) is 9.77. The van der Waals surface area contributed by atoms with Crippen molar-refractivity contribution in [3.8, 4) is 5.75 Å². The second-order valence-corrected chi connectivity index (χ2v) is 7.28. The van der Waals surface area contributed by atoms with Gasteiger partial charge in [0.25, 0.3) is 5.91 Å².